The van der Waals surface area contributed by atoms with Gasteiger partial charge in [0.05, 0.1) is 7.11 Å². The lowest BCUT2D eigenvalue weighted by molar-refractivity contribution is -0.168. The lowest BCUT2D eigenvalue weighted by Crippen LogP contribution is -2.25. The van der Waals surface area contributed by atoms with Crippen molar-refractivity contribution in [3.05, 3.63) is 0 Å². The number of nitrogens with two attached hydrogens (primary N) is 1. The van der Waals surface area contributed by atoms with Gasteiger partial charge >= 0.3 is 0 Å². The second kappa shape index (κ2) is 20.2. The molecule has 0 aliphatic carbocycles. The van der Waals surface area contributed by atoms with Crippen LogP contribution in [0.5, 0.6) is 0 Å². The SMILES string of the molecule is CON(C)C(=O)CCC=O.NCCCNC(=O)CCCCCCC=O. The highest BCUT2D eigenvalue weighted by Crippen LogP contribution is 2.04. The van der Waals surface area contributed by atoms with Crippen LogP contribution in [0, 0.1) is 0 Å². The molecular formula is C17H33N3O5. The monoisotopic (exact) mass is 359 g/mol. The maximum absolute atomic E-state index is 11.2. The van der Waals surface area contributed by atoms with E-state index in [0.717, 1.165) is 43.5 Å². The zero-order valence-corrected chi connectivity index (χ0v) is 15.5. The summed E-state index contributed by atoms with van der Waals surface area (Å²) in [5.74, 6) is -0.0755. The number of aldehydes is 2. The van der Waals surface area contributed by atoms with Crippen LogP contribution in [-0.2, 0) is 24.0 Å². The fraction of sp³-hybridized carbons (Fsp3) is 0.765. The summed E-state index contributed by atoms with van der Waals surface area (Å²) >= 11 is 0. The molecule has 0 aromatic carbocycles. The van der Waals surface area contributed by atoms with Gasteiger partial charge in [-0.05, 0) is 25.8 Å². The molecule has 0 spiro atoms. The molecule has 0 atom stereocenters. The number of carbonyl (C=O) groups excluding carboxylic acids is 4. The van der Waals surface area contributed by atoms with Gasteiger partial charge in [-0.2, -0.15) is 0 Å². The van der Waals surface area contributed by atoms with E-state index in [4.69, 9.17) is 5.73 Å². The standard InChI is InChI=1S/C11H22N2O2.C6H11NO3/c12-8-6-9-13-11(15)7-4-2-1-3-5-10-14;1-7(10-2)6(9)4-3-5-8/h10H,1-9,12H2,(H,13,15);5H,3-4H2,1-2H3. The number of nitrogens with zero attached hydrogens (tertiary/aromatic N) is 1. The molecule has 146 valence electrons. The smallest absolute Gasteiger partial charge is 0.246 e. The van der Waals surface area contributed by atoms with E-state index in [0.29, 0.717) is 32.2 Å². The summed E-state index contributed by atoms with van der Waals surface area (Å²) in [5, 5.41) is 3.91. The molecule has 0 heterocycles. The van der Waals surface area contributed by atoms with Crippen molar-refractivity contribution in [2.45, 2.75) is 57.8 Å². The highest BCUT2D eigenvalue weighted by molar-refractivity contribution is 5.77. The van der Waals surface area contributed by atoms with Crippen molar-refractivity contribution in [3.8, 4) is 0 Å². The molecule has 3 N–H and O–H groups in total. The summed E-state index contributed by atoms with van der Waals surface area (Å²) in [6, 6.07) is 0. The van der Waals surface area contributed by atoms with Crippen molar-refractivity contribution in [2.24, 2.45) is 5.73 Å². The number of amides is 2. The van der Waals surface area contributed by atoms with Gasteiger partial charge in [-0.3, -0.25) is 14.4 Å². The number of carbonyl (C=O) groups is 4. The van der Waals surface area contributed by atoms with Gasteiger partial charge in [0.25, 0.3) is 0 Å². The first-order valence-electron chi connectivity index (χ1n) is 8.68. The Balaban J connectivity index is 0. The van der Waals surface area contributed by atoms with Crippen LogP contribution < -0.4 is 11.1 Å². The van der Waals surface area contributed by atoms with Crippen LogP contribution in [-0.4, -0.2) is 56.7 Å². The third kappa shape index (κ3) is 20.2. The summed E-state index contributed by atoms with van der Waals surface area (Å²) in [4.78, 5) is 46.4. The number of nitrogens with one attached hydrogen (secondary N) is 1. The van der Waals surface area contributed by atoms with Crippen LogP contribution >= 0.6 is 0 Å². The molecule has 0 radical (unpaired) electrons. The third-order valence-corrected chi connectivity index (χ3v) is 3.28. The average molecular weight is 359 g/mol. The first-order valence-corrected chi connectivity index (χ1v) is 8.68. The van der Waals surface area contributed by atoms with Crippen LogP contribution in [0.4, 0.5) is 0 Å². The zero-order chi connectivity index (χ0) is 19.3. The molecule has 0 aromatic heterocycles. The van der Waals surface area contributed by atoms with Crippen LogP contribution in [0.15, 0.2) is 0 Å². The Kier molecular flexibility index (Phi) is 20.6. The first-order chi connectivity index (χ1) is 12.0. The summed E-state index contributed by atoms with van der Waals surface area (Å²) in [6.45, 7) is 1.30. The van der Waals surface area contributed by atoms with E-state index in [1.807, 2.05) is 0 Å². The second-order valence-corrected chi connectivity index (χ2v) is 5.39. The van der Waals surface area contributed by atoms with Crippen molar-refractivity contribution in [3.63, 3.8) is 0 Å². The van der Waals surface area contributed by atoms with Gasteiger partial charge in [-0.25, -0.2) is 5.06 Å². The normalized spacial score (nSPS) is 9.56. The Morgan fingerprint density at radius 2 is 1.64 bits per heavy atom. The van der Waals surface area contributed by atoms with Crippen molar-refractivity contribution in [1.29, 1.82) is 0 Å². The van der Waals surface area contributed by atoms with E-state index < -0.39 is 0 Å². The van der Waals surface area contributed by atoms with Crippen molar-refractivity contribution in [2.75, 3.05) is 27.2 Å². The van der Waals surface area contributed by atoms with Gasteiger partial charge in [-0.1, -0.05) is 12.8 Å². The van der Waals surface area contributed by atoms with Gasteiger partial charge in [0.2, 0.25) is 11.8 Å². The molecule has 0 bridgehead atoms. The van der Waals surface area contributed by atoms with Gasteiger partial charge in [0, 0.05) is 39.3 Å². The Labute approximate surface area is 150 Å². The van der Waals surface area contributed by atoms with Gasteiger partial charge < -0.3 is 20.6 Å². The predicted octanol–water partition coefficient (Wildman–Crippen LogP) is 0.976. The molecule has 0 unspecified atom stereocenters. The summed E-state index contributed by atoms with van der Waals surface area (Å²) < 4.78 is 0. The zero-order valence-electron chi connectivity index (χ0n) is 15.5. The largest absolute Gasteiger partial charge is 0.356 e. The number of unbranched alkanes of at least 4 members (excludes halogenated alkanes) is 4. The maximum atomic E-state index is 11.2. The number of rotatable bonds is 14. The Morgan fingerprint density at radius 1 is 1.00 bits per heavy atom. The van der Waals surface area contributed by atoms with E-state index >= 15 is 0 Å². The van der Waals surface area contributed by atoms with Crippen LogP contribution in [0.25, 0.3) is 0 Å². The van der Waals surface area contributed by atoms with Crippen LogP contribution in [0.3, 0.4) is 0 Å². The summed E-state index contributed by atoms with van der Waals surface area (Å²) in [6.07, 6.45) is 8.11. The van der Waals surface area contributed by atoms with Gasteiger partial charge in [0.1, 0.15) is 12.6 Å². The first kappa shape index (κ1) is 25.4. The molecule has 25 heavy (non-hydrogen) atoms. The van der Waals surface area contributed by atoms with Crippen molar-refractivity contribution < 1.29 is 24.0 Å². The van der Waals surface area contributed by atoms with Crippen LogP contribution in [0.1, 0.15) is 57.8 Å². The molecule has 0 saturated carbocycles. The van der Waals surface area contributed by atoms with E-state index in [1.54, 1.807) is 0 Å². The lowest BCUT2D eigenvalue weighted by Gasteiger charge is -2.11. The molecule has 0 aliphatic heterocycles. The predicted molar refractivity (Wildman–Crippen MR) is 95.5 cm³/mol. The van der Waals surface area contributed by atoms with Crippen molar-refractivity contribution in [1.82, 2.24) is 10.4 Å². The molecular weight excluding hydrogens is 326 g/mol. The Morgan fingerprint density at radius 3 is 2.20 bits per heavy atom. The molecule has 0 rings (SSSR count). The quantitative estimate of drug-likeness (QED) is 0.271. The fourth-order valence-electron chi connectivity index (χ4n) is 1.73. The fourth-order valence-corrected chi connectivity index (χ4v) is 1.73. The molecule has 2 amide bonds. The van der Waals surface area contributed by atoms with Crippen LogP contribution in [0.2, 0.25) is 0 Å². The molecule has 8 heteroatoms. The van der Waals surface area contributed by atoms with E-state index in [9.17, 15) is 19.2 Å². The minimum absolute atomic E-state index is 0.110. The van der Waals surface area contributed by atoms with Gasteiger partial charge in [0.15, 0.2) is 0 Å². The van der Waals surface area contributed by atoms with E-state index in [2.05, 4.69) is 10.2 Å². The van der Waals surface area contributed by atoms with Gasteiger partial charge in [-0.15, -0.1) is 0 Å². The minimum atomic E-state index is -0.186. The van der Waals surface area contributed by atoms with Crippen molar-refractivity contribution >= 4 is 24.4 Å². The number of hydrogen-bond donors (Lipinski definition) is 2. The average Bonchev–Trinajstić information content (AvgIpc) is 2.62. The Hall–Kier alpha value is -1.80. The molecule has 0 aromatic rings. The molecule has 0 saturated heterocycles. The lowest BCUT2D eigenvalue weighted by atomic mass is 10.1. The molecule has 0 aliphatic rings. The molecule has 8 nitrogen and oxygen atoms in total. The van der Waals surface area contributed by atoms with E-state index in [-0.39, 0.29) is 24.7 Å². The second-order valence-electron chi connectivity index (χ2n) is 5.39. The molecule has 0 fully saturated rings. The van der Waals surface area contributed by atoms with E-state index in [1.165, 1.54) is 14.2 Å². The topological polar surface area (TPSA) is 119 Å². The minimum Gasteiger partial charge on any atom is -0.356 e. The summed E-state index contributed by atoms with van der Waals surface area (Å²) in [7, 11) is 2.91. The maximum Gasteiger partial charge on any atom is 0.246 e. The number of hydrogen-bond acceptors (Lipinski definition) is 6. The third-order valence-electron chi connectivity index (χ3n) is 3.28. The Bertz CT molecular complexity index is 364. The number of hydroxylamine groups is 2. The highest BCUT2D eigenvalue weighted by atomic mass is 16.7. The summed E-state index contributed by atoms with van der Waals surface area (Å²) in [5.41, 5.74) is 5.30. The highest BCUT2D eigenvalue weighted by Gasteiger charge is 2.05.